The summed E-state index contributed by atoms with van der Waals surface area (Å²) in [6, 6.07) is 11.1. The molecule has 0 spiro atoms. The molecular weight excluding hydrogens is 278 g/mol. The first-order chi connectivity index (χ1) is 10.1. The number of hydrogen-bond donors (Lipinski definition) is 1. The summed E-state index contributed by atoms with van der Waals surface area (Å²) in [5.74, 6) is -1.25. The highest BCUT2D eigenvalue weighted by molar-refractivity contribution is 5.91. The van der Waals surface area contributed by atoms with Crippen LogP contribution in [0.5, 0.6) is 0 Å². The van der Waals surface area contributed by atoms with E-state index in [1.54, 1.807) is 6.07 Å². The number of hydrogen-bond acceptors (Lipinski definition) is 3. The van der Waals surface area contributed by atoms with Gasteiger partial charge in [0.05, 0.1) is 6.21 Å². The fraction of sp³-hybridized carbons (Fsp3) is 0.0667. The smallest absolute Gasteiger partial charge is 0.265 e. The number of oxime groups is 1. The molecule has 0 aromatic heterocycles. The molecule has 0 bridgehead atoms. The molecule has 21 heavy (non-hydrogen) atoms. The van der Waals surface area contributed by atoms with E-state index in [4.69, 9.17) is 4.84 Å². The van der Waals surface area contributed by atoms with Crippen molar-refractivity contribution in [1.82, 2.24) is 0 Å². The number of carbonyl (C=O) groups is 1. The summed E-state index contributed by atoms with van der Waals surface area (Å²) in [6.07, 6.45) is 1.36. The van der Waals surface area contributed by atoms with E-state index in [-0.39, 0.29) is 12.4 Å². The van der Waals surface area contributed by atoms with Crippen LogP contribution >= 0.6 is 0 Å². The second kappa shape index (κ2) is 7.14. The van der Waals surface area contributed by atoms with Gasteiger partial charge in [-0.1, -0.05) is 23.4 Å². The molecule has 0 radical (unpaired) electrons. The van der Waals surface area contributed by atoms with Crippen LogP contribution in [-0.2, 0) is 9.63 Å². The van der Waals surface area contributed by atoms with E-state index in [0.29, 0.717) is 11.3 Å². The van der Waals surface area contributed by atoms with E-state index < -0.39 is 11.7 Å². The van der Waals surface area contributed by atoms with Crippen molar-refractivity contribution in [1.29, 1.82) is 0 Å². The van der Waals surface area contributed by atoms with Gasteiger partial charge in [0.15, 0.2) is 6.61 Å². The fourth-order valence-electron chi connectivity index (χ4n) is 1.51. The van der Waals surface area contributed by atoms with Crippen LogP contribution in [0.3, 0.4) is 0 Å². The van der Waals surface area contributed by atoms with Gasteiger partial charge in [0.1, 0.15) is 11.6 Å². The van der Waals surface area contributed by atoms with Gasteiger partial charge in [0, 0.05) is 5.69 Å². The summed E-state index contributed by atoms with van der Waals surface area (Å²) >= 11 is 0. The molecule has 0 saturated carbocycles. The Morgan fingerprint density at radius 2 is 1.90 bits per heavy atom. The quantitative estimate of drug-likeness (QED) is 0.680. The average molecular weight is 290 g/mol. The lowest BCUT2D eigenvalue weighted by atomic mass is 10.2. The van der Waals surface area contributed by atoms with E-state index in [2.05, 4.69) is 10.5 Å². The molecule has 0 aliphatic heterocycles. The molecule has 0 atom stereocenters. The molecule has 6 heteroatoms. The van der Waals surface area contributed by atoms with Crippen molar-refractivity contribution in [3.63, 3.8) is 0 Å². The van der Waals surface area contributed by atoms with Crippen LogP contribution in [0.1, 0.15) is 5.56 Å². The Bertz CT molecular complexity index is 642. The van der Waals surface area contributed by atoms with Crippen molar-refractivity contribution in [3.8, 4) is 0 Å². The van der Waals surface area contributed by atoms with Crippen molar-refractivity contribution in [2.75, 3.05) is 11.9 Å². The van der Waals surface area contributed by atoms with Gasteiger partial charge in [-0.25, -0.2) is 8.78 Å². The number of nitrogens with one attached hydrogen (secondary N) is 1. The summed E-state index contributed by atoms with van der Waals surface area (Å²) in [6.45, 7) is -0.311. The van der Waals surface area contributed by atoms with Gasteiger partial charge in [-0.15, -0.1) is 0 Å². The number of carbonyl (C=O) groups excluding carboxylic acids is 1. The Hall–Kier alpha value is -2.76. The Morgan fingerprint density at radius 3 is 2.62 bits per heavy atom. The maximum Gasteiger partial charge on any atom is 0.265 e. The molecule has 1 amide bonds. The van der Waals surface area contributed by atoms with Gasteiger partial charge in [-0.2, -0.15) is 0 Å². The third-order valence-corrected chi connectivity index (χ3v) is 2.45. The molecule has 108 valence electrons. The number of rotatable bonds is 5. The minimum absolute atomic E-state index is 0.311. The Balaban J connectivity index is 1.78. The lowest BCUT2D eigenvalue weighted by Gasteiger charge is -2.03. The number of halogens is 2. The minimum atomic E-state index is -0.461. The van der Waals surface area contributed by atoms with E-state index >= 15 is 0 Å². The van der Waals surface area contributed by atoms with E-state index in [0.717, 1.165) is 0 Å². The molecule has 1 N–H and O–H groups in total. The first-order valence-electron chi connectivity index (χ1n) is 6.10. The van der Waals surface area contributed by atoms with Gasteiger partial charge >= 0.3 is 0 Å². The predicted molar refractivity (Wildman–Crippen MR) is 75.0 cm³/mol. The van der Waals surface area contributed by atoms with Gasteiger partial charge in [0.2, 0.25) is 0 Å². The standard InChI is InChI=1S/C15H12F2N2O2/c16-12-6-4-11(5-7-12)9-18-21-10-15(20)19-14-3-1-2-13(17)8-14/h1-9H,10H2,(H,19,20)/b18-9+. The van der Waals surface area contributed by atoms with Gasteiger partial charge in [0.25, 0.3) is 5.91 Å². The van der Waals surface area contributed by atoms with E-state index in [1.165, 1.54) is 48.7 Å². The third kappa shape index (κ3) is 5.02. The maximum atomic E-state index is 12.9. The third-order valence-electron chi connectivity index (χ3n) is 2.45. The lowest BCUT2D eigenvalue weighted by Crippen LogP contribution is -2.17. The van der Waals surface area contributed by atoms with Crippen LogP contribution in [0, 0.1) is 11.6 Å². The Morgan fingerprint density at radius 1 is 1.14 bits per heavy atom. The molecule has 0 fully saturated rings. The first kappa shape index (κ1) is 14.6. The number of nitrogens with zero attached hydrogens (tertiary/aromatic N) is 1. The molecule has 4 nitrogen and oxygen atoms in total. The molecular formula is C15H12F2N2O2. The molecule has 0 heterocycles. The van der Waals surface area contributed by atoms with Crippen LogP contribution in [0.25, 0.3) is 0 Å². The second-order valence-corrected chi connectivity index (χ2v) is 4.12. The zero-order valence-electron chi connectivity index (χ0n) is 10.9. The van der Waals surface area contributed by atoms with Crippen LogP contribution in [0.4, 0.5) is 14.5 Å². The monoisotopic (exact) mass is 290 g/mol. The normalized spacial score (nSPS) is 10.6. The largest absolute Gasteiger partial charge is 0.386 e. The molecule has 0 aliphatic carbocycles. The minimum Gasteiger partial charge on any atom is -0.386 e. The maximum absolute atomic E-state index is 12.9. The van der Waals surface area contributed by atoms with Crippen molar-refractivity contribution in [3.05, 3.63) is 65.7 Å². The molecule has 0 saturated heterocycles. The molecule has 2 rings (SSSR count). The Labute approximate surface area is 120 Å². The van der Waals surface area contributed by atoms with Gasteiger partial charge in [-0.05, 0) is 35.9 Å². The van der Waals surface area contributed by atoms with Crippen LogP contribution in [0.15, 0.2) is 53.7 Å². The average Bonchev–Trinajstić information content (AvgIpc) is 2.45. The summed E-state index contributed by atoms with van der Waals surface area (Å²) < 4.78 is 25.6. The second-order valence-electron chi connectivity index (χ2n) is 4.12. The topological polar surface area (TPSA) is 50.7 Å². The molecule has 0 aliphatic rings. The van der Waals surface area contributed by atoms with Gasteiger partial charge < -0.3 is 10.2 Å². The number of amides is 1. The van der Waals surface area contributed by atoms with E-state index in [1.807, 2.05) is 0 Å². The van der Waals surface area contributed by atoms with Crippen LogP contribution in [0.2, 0.25) is 0 Å². The lowest BCUT2D eigenvalue weighted by molar-refractivity contribution is -0.120. The van der Waals surface area contributed by atoms with Crippen molar-refractivity contribution < 1.29 is 18.4 Å². The Kier molecular flexibility index (Phi) is 4.98. The highest BCUT2D eigenvalue weighted by Crippen LogP contribution is 2.08. The van der Waals surface area contributed by atoms with Crippen molar-refractivity contribution in [2.24, 2.45) is 5.16 Å². The fourth-order valence-corrected chi connectivity index (χ4v) is 1.51. The summed E-state index contributed by atoms with van der Waals surface area (Å²) in [7, 11) is 0. The summed E-state index contributed by atoms with van der Waals surface area (Å²) in [5.41, 5.74) is 0.980. The van der Waals surface area contributed by atoms with Crippen molar-refractivity contribution in [2.45, 2.75) is 0 Å². The highest BCUT2D eigenvalue weighted by Gasteiger charge is 2.03. The highest BCUT2D eigenvalue weighted by atomic mass is 19.1. The van der Waals surface area contributed by atoms with Crippen LogP contribution in [-0.4, -0.2) is 18.7 Å². The summed E-state index contributed by atoms with van der Waals surface area (Å²) in [4.78, 5) is 16.3. The number of anilines is 1. The van der Waals surface area contributed by atoms with Gasteiger partial charge in [-0.3, -0.25) is 4.79 Å². The molecule has 2 aromatic rings. The molecule has 2 aromatic carbocycles. The SMILES string of the molecule is O=C(CO/N=C/c1ccc(F)cc1)Nc1cccc(F)c1. The molecule has 0 unspecified atom stereocenters. The first-order valence-corrected chi connectivity index (χ1v) is 6.10. The zero-order valence-corrected chi connectivity index (χ0v) is 10.9. The van der Waals surface area contributed by atoms with E-state index in [9.17, 15) is 13.6 Å². The number of benzene rings is 2. The van der Waals surface area contributed by atoms with Crippen molar-refractivity contribution >= 4 is 17.8 Å². The summed E-state index contributed by atoms with van der Waals surface area (Å²) in [5, 5.41) is 6.05. The predicted octanol–water partition coefficient (Wildman–Crippen LogP) is 2.95. The van der Waals surface area contributed by atoms with Crippen LogP contribution < -0.4 is 5.32 Å². The zero-order chi connectivity index (χ0) is 15.1.